The van der Waals surface area contributed by atoms with Crippen molar-refractivity contribution in [3.63, 3.8) is 0 Å². The summed E-state index contributed by atoms with van der Waals surface area (Å²) in [6.07, 6.45) is 6.09. The van der Waals surface area contributed by atoms with E-state index in [1.54, 1.807) is 17.1 Å². The molecule has 0 spiro atoms. The molecule has 1 aromatic rings. The third kappa shape index (κ3) is 2.73. The molecule has 0 fully saturated rings. The molecule has 0 atom stereocenters. The summed E-state index contributed by atoms with van der Waals surface area (Å²) in [6, 6.07) is 0. The fraction of sp³-hybridized carbons (Fsp3) is 0.400. The minimum absolute atomic E-state index is 0.0850. The van der Waals surface area contributed by atoms with E-state index in [1.165, 1.54) is 12.3 Å². The van der Waals surface area contributed by atoms with E-state index in [1.807, 2.05) is 13.8 Å². The van der Waals surface area contributed by atoms with Crippen molar-refractivity contribution >= 4 is 5.78 Å². The van der Waals surface area contributed by atoms with Gasteiger partial charge in [0.15, 0.2) is 5.78 Å². The van der Waals surface area contributed by atoms with Crippen LogP contribution >= 0.6 is 0 Å². The van der Waals surface area contributed by atoms with Gasteiger partial charge in [0.05, 0.1) is 24.6 Å². The molecule has 14 heavy (non-hydrogen) atoms. The summed E-state index contributed by atoms with van der Waals surface area (Å²) in [7, 11) is 0. The highest BCUT2D eigenvalue weighted by Gasteiger charge is 2.03. The first-order valence-corrected chi connectivity index (χ1v) is 4.62. The maximum Gasteiger partial charge on any atom is 0.192 e. The van der Waals surface area contributed by atoms with Crippen molar-refractivity contribution in [2.45, 2.75) is 20.4 Å². The Morgan fingerprint density at radius 3 is 3.00 bits per heavy atom. The van der Waals surface area contributed by atoms with Crippen molar-refractivity contribution in [3.05, 3.63) is 30.3 Å². The van der Waals surface area contributed by atoms with Crippen LogP contribution in [0, 0.1) is 0 Å². The average Bonchev–Trinajstić information content (AvgIpc) is 2.66. The molecule has 4 nitrogen and oxygen atoms in total. The molecule has 0 aromatic carbocycles. The Morgan fingerprint density at radius 2 is 2.43 bits per heavy atom. The molecule has 0 aliphatic carbocycles. The van der Waals surface area contributed by atoms with E-state index >= 15 is 0 Å². The quantitative estimate of drug-likeness (QED) is 0.406. The van der Waals surface area contributed by atoms with Crippen molar-refractivity contribution in [2.24, 2.45) is 0 Å². The lowest BCUT2D eigenvalue weighted by atomic mass is 10.2. The van der Waals surface area contributed by atoms with Gasteiger partial charge >= 0.3 is 0 Å². The summed E-state index contributed by atoms with van der Waals surface area (Å²) in [6.45, 7) is 5.17. The molecule has 0 amide bonds. The highest BCUT2D eigenvalue weighted by Crippen LogP contribution is 2.00. The van der Waals surface area contributed by atoms with Gasteiger partial charge in [0.25, 0.3) is 0 Å². The SMILES string of the molecule is CCOC=CC(=O)c1cnn(CC)c1. The number of rotatable bonds is 5. The van der Waals surface area contributed by atoms with E-state index in [-0.39, 0.29) is 5.78 Å². The zero-order valence-electron chi connectivity index (χ0n) is 8.43. The van der Waals surface area contributed by atoms with E-state index in [0.29, 0.717) is 12.2 Å². The van der Waals surface area contributed by atoms with Gasteiger partial charge in [-0.05, 0) is 13.8 Å². The van der Waals surface area contributed by atoms with Crippen molar-refractivity contribution in [1.82, 2.24) is 9.78 Å². The molecule has 0 bridgehead atoms. The molecular formula is C10H14N2O2. The fourth-order valence-corrected chi connectivity index (χ4v) is 0.966. The molecule has 0 aliphatic rings. The Labute approximate surface area is 83.2 Å². The molecular weight excluding hydrogens is 180 g/mol. The lowest BCUT2D eigenvalue weighted by Crippen LogP contribution is -1.94. The van der Waals surface area contributed by atoms with Crippen LogP contribution in [0.25, 0.3) is 0 Å². The zero-order chi connectivity index (χ0) is 10.4. The molecule has 0 saturated carbocycles. The monoisotopic (exact) mass is 194 g/mol. The van der Waals surface area contributed by atoms with Gasteiger partial charge in [-0.3, -0.25) is 9.48 Å². The molecule has 1 heterocycles. The van der Waals surface area contributed by atoms with Gasteiger partial charge in [0.1, 0.15) is 0 Å². The topological polar surface area (TPSA) is 44.1 Å². The molecule has 0 saturated heterocycles. The third-order valence-electron chi connectivity index (χ3n) is 1.72. The predicted molar refractivity (Wildman–Crippen MR) is 53.0 cm³/mol. The standard InChI is InChI=1S/C10H14N2O2/c1-3-12-8-9(7-11-12)10(13)5-6-14-4-2/h5-8H,3-4H2,1-2H3. The number of ether oxygens (including phenoxy) is 1. The van der Waals surface area contributed by atoms with Gasteiger partial charge in [-0.2, -0.15) is 5.10 Å². The third-order valence-corrected chi connectivity index (χ3v) is 1.72. The Bertz CT molecular complexity index is 329. The zero-order valence-corrected chi connectivity index (χ0v) is 8.43. The summed E-state index contributed by atoms with van der Waals surface area (Å²) in [5.41, 5.74) is 0.586. The van der Waals surface area contributed by atoms with Gasteiger partial charge in [-0.25, -0.2) is 0 Å². The normalized spacial score (nSPS) is 10.7. The van der Waals surface area contributed by atoms with Crippen molar-refractivity contribution in [2.75, 3.05) is 6.61 Å². The summed E-state index contributed by atoms with van der Waals surface area (Å²) in [4.78, 5) is 11.4. The Balaban J connectivity index is 2.60. The number of allylic oxidation sites excluding steroid dienone is 1. The summed E-state index contributed by atoms with van der Waals surface area (Å²) >= 11 is 0. The second-order valence-electron chi connectivity index (χ2n) is 2.71. The van der Waals surface area contributed by atoms with Crippen LogP contribution < -0.4 is 0 Å². The van der Waals surface area contributed by atoms with Gasteiger partial charge in [-0.15, -0.1) is 0 Å². The fourth-order valence-electron chi connectivity index (χ4n) is 0.966. The van der Waals surface area contributed by atoms with E-state index in [0.717, 1.165) is 6.54 Å². The summed E-state index contributed by atoms with van der Waals surface area (Å²) in [5.74, 6) is -0.0850. The molecule has 0 radical (unpaired) electrons. The van der Waals surface area contributed by atoms with E-state index in [9.17, 15) is 4.79 Å². The molecule has 1 aromatic heterocycles. The van der Waals surface area contributed by atoms with E-state index in [2.05, 4.69) is 5.10 Å². The minimum Gasteiger partial charge on any atom is -0.501 e. The predicted octanol–water partition coefficient (Wildman–Crippen LogP) is 1.64. The number of aromatic nitrogens is 2. The van der Waals surface area contributed by atoms with Crippen molar-refractivity contribution < 1.29 is 9.53 Å². The largest absolute Gasteiger partial charge is 0.501 e. The Morgan fingerprint density at radius 1 is 1.64 bits per heavy atom. The molecule has 0 aliphatic heterocycles. The smallest absolute Gasteiger partial charge is 0.192 e. The van der Waals surface area contributed by atoms with Crippen LogP contribution in [0.1, 0.15) is 24.2 Å². The number of aryl methyl sites for hydroxylation is 1. The molecule has 76 valence electrons. The summed E-state index contributed by atoms with van der Waals surface area (Å²) in [5, 5.41) is 4.01. The maximum absolute atomic E-state index is 11.4. The van der Waals surface area contributed by atoms with Gasteiger partial charge in [-0.1, -0.05) is 0 Å². The van der Waals surface area contributed by atoms with E-state index in [4.69, 9.17) is 4.74 Å². The van der Waals surface area contributed by atoms with Crippen LogP contribution in [0.2, 0.25) is 0 Å². The van der Waals surface area contributed by atoms with Crippen LogP contribution in [0.5, 0.6) is 0 Å². The van der Waals surface area contributed by atoms with Crippen LogP contribution in [0.4, 0.5) is 0 Å². The first-order valence-electron chi connectivity index (χ1n) is 4.62. The first-order chi connectivity index (χ1) is 6.77. The molecule has 1 rings (SSSR count). The van der Waals surface area contributed by atoms with Gasteiger partial charge < -0.3 is 4.74 Å². The van der Waals surface area contributed by atoms with Gasteiger partial charge in [0.2, 0.25) is 0 Å². The number of carbonyl (C=O) groups excluding carboxylic acids is 1. The average molecular weight is 194 g/mol. The Hall–Kier alpha value is -1.58. The lowest BCUT2D eigenvalue weighted by molar-refractivity contribution is 0.104. The second kappa shape index (κ2) is 5.21. The molecule has 0 N–H and O–H groups in total. The minimum atomic E-state index is -0.0850. The highest BCUT2D eigenvalue weighted by atomic mass is 16.5. The first kappa shape index (κ1) is 10.5. The lowest BCUT2D eigenvalue weighted by Gasteiger charge is -1.92. The van der Waals surface area contributed by atoms with Crippen molar-refractivity contribution in [3.8, 4) is 0 Å². The number of hydrogen-bond donors (Lipinski definition) is 0. The maximum atomic E-state index is 11.4. The second-order valence-corrected chi connectivity index (χ2v) is 2.71. The summed E-state index contributed by atoms with van der Waals surface area (Å²) < 4.78 is 6.64. The van der Waals surface area contributed by atoms with Gasteiger partial charge in [0, 0.05) is 18.8 Å². The molecule has 4 heteroatoms. The number of nitrogens with zero attached hydrogens (tertiary/aromatic N) is 2. The van der Waals surface area contributed by atoms with Crippen molar-refractivity contribution in [1.29, 1.82) is 0 Å². The number of ketones is 1. The number of carbonyl (C=O) groups is 1. The van der Waals surface area contributed by atoms with E-state index < -0.39 is 0 Å². The highest BCUT2D eigenvalue weighted by molar-refractivity contribution is 6.03. The van der Waals surface area contributed by atoms with Crippen LogP contribution in [-0.4, -0.2) is 22.2 Å². The van der Waals surface area contributed by atoms with Crippen LogP contribution in [0.15, 0.2) is 24.7 Å². The van der Waals surface area contributed by atoms with Crippen LogP contribution in [-0.2, 0) is 11.3 Å². The Kier molecular flexibility index (Phi) is 3.91. The van der Waals surface area contributed by atoms with Crippen LogP contribution in [0.3, 0.4) is 0 Å². The number of hydrogen-bond acceptors (Lipinski definition) is 3. The molecule has 0 unspecified atom stereocenters.